The van der Waals surface area contributed by atoms with Crippen LogP contribution in [0.2, 0.25) is 0 Å². The van der Waals surface area contributed by atoms with E-state index in [1.807, 2.05) is 13.8 Å². The van der Waals surface area contributed by atoms with Crippen LogP contribution in [0, 0.1) is 6.92 Å². The molecule has 8 heteroatoms. The van der Waals surface area contributed by atoms with Gasteiger partial charge in [-0.05, 0) is 20.3 Å². The van der Waals surface area contributed by atoms with Crippen molar-refractivity contribution in [3.05, 3.63) is 11.4 Å². The number of alkyl halides is 4. The molecule has 0 aliphatic carbocycles. The van der Waals surface area contributed by atoms with Gasteiger partial charge in [0.1, 0.15) is 11.6 Å². The molecule has 0 saturated heterocycles. The van der Waals surface area contributed by atoms with E-state index >= 15 is 0 Å². The maximum absolute atomic E-state index is 12.9. The second-order valence-electron chi connectivity index (χ2n) is 4.55. The zero-order valence-electron chi connectivity index (χ0n) is 12.2. The SMILES string of the molecule is CCCc1nc(NCC)c(C)c(OCC(F)(F)C(F)F)n1. The van der Waals surface area contributed by atoms with Crippen LogP contribution in [-0.2, 0) is 6.42 Å². The van der Waals surface area contributed by atoms with Crippen LogP contribution < -0.4 is 10.1 Å². The zero-order valence-corrected chi connectivity index (χ0v) is 12.2. The average molecular weight is 309 g/mol. The van der Waals surface area contributed by atoms with Crippen molar-refractivity contribution in [2.24, 2.45) is 0 Å². The van der Waals surface area contributed by atoms with Gasteiger partial charge in [-0.15, -0.1) is 0 Å². The third-order valence-corrected chi connectivity index (χ3v) is 2.69. The highest BCUT2D eigenvalue weighted by molar-refractivity contribution is 5.48. The number of ether oxygens (including phenoxy) is 1. The molecule has 0 aromatic carbocycles. The normalized spacial score (nSPS) is 11.8. The molecule has 4 nitrogen and oxygen atoms in total. The van der Waals surface area contributed by atoms with E-state index < -0.39 is 19.0 Å². The highest BCUT2D eigenvalue weighted by Gasteiger charge is 2.42. The summed E-state index contributed by atoms with van der Waals surface area (Å²) in [5.41, 5.74) is 0.418. The highest BCUT2D eigenvalue weighted by Crippen LogP contribution is 2.27. The van der Waals surface area contributed by atoms with Gasteiger partial charge in [-0.3, -0.25) is 0 Å². The number of nitrogens with one attached hydrogen (secondary N) is 1. The maximum atomic E-state index is 12.9. The molecule has 1 rings (SSSR count). The van der Waals surface area contributed by atoms with Crippen molar-refractivity contribution in [2.45, 2.75) is 46.0 Å². The molecule has 0 atom stereocenters. The Morgan fingerprint density at radius 2 is 1.90 bits per heavy atom. The van der Waals surface area contributed by atoms with Gasteiger partial charge < -0.3 is 10.1 Å². The van der Waals surface area contributed by atoms with Gasteiger partial charge in [0, 0.05) is 13.0 Å². The number of anilines is 1. The quantitative estimate of drug-likeness (QED) is 0.747. The van der Waals surface area contributed by atoms with Crippen LogP contribution in [0.15, 0.2) is 0 Å². The predicted octanol–water partition coefficient (Wildman–Crippen LogP) is 3.45. The van der Waals surface area contributed by atoms with Crippen molar-refractivity contribution in [3.63, 3.8) is 0 Å². The van der Waals surface area contributed by atoms with Gasteiger partial charge in [0.05, 0.1) is 5.56 Å². The smallest absolute Gasteiger partial charge is 0.340 e. The first kappa shape index (κ1) is 17.5. The molecule has 0 amide bonds. The molecule has 120 valence electrons. The summed E-state index contributed by atoms with van der Waals surface area (Å²) in [6.45, 7) is 4.52. The number of aromatic nitrogens is 2. The average Bonchev–Trinajstić information content (AvgIpc) is 2.41. The minimum absolute atomic E-state index is 0.0928. The number of rotatable bonds is 8. The summed E-state index contributed by atoms with van der Waals surface area (Å²) in [7, 11) is 0. The number of nitrogens with zero attached hydrogens (tertiary/aromatic N) is 2. The topological polar surface area (TPSA) is 47.0 Å². The molecular formula is C13H19F4N3O. The zero-order chi connectivity index (χ0) is 16.0. The molecule has 0 fully saturated rings. The first-order valence-corrected chi connectivity index (χ1v) is 6.72. The lowest BCUT2D eigenvalue weighted by Gasteiger charge is -2.18. The van der Waals surface area contributed by atoms with Gasteiger partial charge in [-0.1, -0.05) is 6.92 Å². The molecule has 1 N–H and O–H groups in total. The molecule has 21 heavy (non-hydrogen) atoms. The van der Waals surface area contributed by atoms with E-state index in [0.29, 0.717) is 30.2 Å². The molecule has 0 bridgehead atoms. The van der Waals surface area contributed by atoms with Crippen molar-refractivity contribution in [1.29, 1.82) is 0 Å². The molecule has 1 heterocycles. The third-order valence-electron chi connectivity index (χ3n) is 2.69. The number of halogens is 4. The predicted molar refractivity (Wildman–Crippen MR) is 71.4 cm³/mol. The summed E-state index contributed by atoms with van der Waals surface area (Å²) in [5.74, 6) is -3.41. The maximum Gasteiger partial charge on any atom is 0.340 e. The third kappa shape index (κ3) is 4.71. The van der Waals surface area contributed by atoms with E-state index in [1.165, 1.54) is 0 Å². The Hall–Kier alpha value is -1.60. The summed E-state index contributed by atoms with van der Waals surface area (Å²) in [6.07, 6.45) is -2.47. The monoisotopic (exact) mass is 309 g/mol. The molecule has 0 radical (unpaired) electrons. The van der Waals surface area contributed by atoms with Crippen molar-refractivity contribution in [1.82, 2.24) is 9.97 Å². The molecule has 0 unspecified atom stereocenters. The number of hydrogen-bond donors (Lipinski definition) is 1. The largest absolute Gasteiger partial charge is 0.471 e. The standard InChI is InChI=1S/C13H19F4N3O/c1-4-6-9-19-10(18-5-2)8(3)11(20-9)21-7-13(16,17)12(14)15/h12H,4-7H2,1-3H3,(H,18,19,20). The summed E-state index contributed by atoms with van der Waals surface area (Å²) in [4.78, 5) is 8.27. The van der Waals surface area contributed by atoms with Gasteiger partial charge in [0.2, 0.25) is 5.88 Å². The molecule has 0 aliphatic rings. The van der Waals surface area contributed by atoms with E-state index in [0.717, 1.165) is 6.42 Å². The fourth-order valence-corrected chi connectivity index (χ4v) is 1.58. The Balaban J connectivity index is 2.99. The van der Waals surface area contributed by atoms with E-state index in [2.05, 4.69) is 15.3 Å². The first-order valence-electron chi connectivity index (χ1n) is 6.72. The second kappa shape index (κ2) is 7.42. The van der Waals surface area contributed by atoms with Crippen LogP contribution in [0.1, 0.15) is 31.7 Å². The van der Waals surface area contributed by atoms with Gasteiger partial charge in [0.25, 0.3) is 0 Å². The summed E-state index contributed by atoms with van der Waals surface area (Å²) in [6, 6.07) is 0. The Morgan fingerprint density at radius 1 is 1.24 bits per heavy atom. The highest BCUT2D eigenvalue weighted by atomic mass is 19.3. The van der Waals surface area contributed by atoms with Crippen LogP contribution in [0.5, 0.6) is 5.88 Å². The Kier molecular flexibility index (Phi) is 6.17. The lowest BCUT2D eigenvalue weighted by atomic mass is 10.2. The minimum Gasteiger partial charge on any atom is -0.471 e. The van der Waals surface area contributed by atoms with E-state index in [-0.39, 0.29) is 5.88 Å². The summed E-state index contributed by atoms with van der Waals surface area (Å²) in [5, 5.41) is 2.97. The lowest BCUT2D eigenvalue weighted by Crippen LogP contribution is -2.34. The van der Waals surface area contributed by atoms with Crippen molar-refractivity contribution >= 4 is 5.82 Å². The molecule has 1 aromatic rings. The van der Waals surface area contributed by atoms with E-state index in [1.54, 1.807) is 6.92 Å². The summed E-state index contributed by atoms with van der Waals surface area (Å²) < 4.78 is 55.0. The van der Waals surface area contributed by atoms with E-state index in [9.17, 15) is 17.6 Å². The Labute approximate surface area is 120 Å². The molecule has 0 spiro atoms. The second-order valence-corrected chi connectivity index (χ2v) is 4.55. The Morgan fingerprint density at radius 3 is 2.43 bits per heavy atom. The minimum atomic E-state index is -4.21. The fourth-order valence-electron chi connectivity index (χ4n) is 1.58. The molecule has 1 aromatic heterocycles. The van der Waals surface area contributed by atoms with Gasteiger partial charge in [0.15, 0.2) is 6.61 Å². The van der Waals surface area contributed by atoms with Crippen LogP contribution in [0.25, 0.3) is 0 Å². The first-order chi connectivity index (χ1) is 9.81. The molecule has 0 saturated carbocycles. The summed E-state index contributed by atoms with van der Waals surface area (Å²) >= 11 is 0. The van der Waals surface area contributed by atoms with Gasteiger partial charge in [-0.25, -0.2) is 13.8 Å². The van der Waals surface area contributed by atoms with Crippen LogP contribution >= 0.6 is 0 Å². The van der Waals surface area contributed by atoms with Crippen molar-refractivity contribution in [3.8, 4) is 5.88 Å². The molecular weight excluding hydrogens is 290 g/mol. The molecule has 0 aliphatic heterocycles. The van der Waals surface area contributed by atoms with Gasteiger partial charge in [-0.2, -0.15) is 13.8 Å². The van der Waals surface area contributed by atoms with Crippen LogP contribution in [0.3, 0.4) is 0 Å². The van der Waals surface area contributed by atoms with Crippen LogP contribution in [-0.4, -0.2) is 35.5 Å². The van der Waals surface area contributed by atoms with Crippen molar-refractivity contribution in [2.75, 3.05) is 18.5 Å². The van der Waals surface area contributed by atoms with Crippen molar-refractivity contribution < 1.29 is 22.3 Å². The number of hydrogen-bond acceptors (Lipinski definition) is 4. The lowest BCUT2D eigenvalue weighted by molar-refractivity contribution is -0.148. The van der Waals surface area contributed by atoms with E-state index in [4.69, 9.17) is 4.74 Å². The fraction of sp³-hybridized carbons (Fsp3) is 0.692. The number of aryl methyl sites for hydroxylation is 1. The Bertz CT molecular complexity index is 469. The van der Waals surface area contributed by atoms with Crippen LogP contribution in [0.4, 0.5) is 23.4 Å². The van der Waals surface area contributed by atoms with Gasteiger partial charge >= 0.3 is 12.3 Å².